The summed E-state index contributed by atoms with van der Waals surface area (Å²) in [6.07, 6.45) is 0.654. The molecule has 0 aliphatic rings. The number of hydrogen-bond donors (Lipinski definition) is 2. The lowest BCUT2D eigenvalue weighted by atomic mass is 10.2. The van der Waals surface area contributed by atoms with Gasteiger partial charge in [-0.25, -0.2) is 14.6 Å². The van der Waals surface area contributed by atoms with E-state index in [0.717, 1.165) is 27.4 Å². The summed E-state index contributed by atoms with van der Waals surface area (Å²) in [4.78, 5) is 8.76. The number of benzene rings is 1. The third kappa shape index (κ3) is 2.37. The minimum atomic E-state index is 0.139. The molecule has 20 heavy (non-hydrogen) atoms. The zero-order valence-corrected chi connectivity index (χ0v) is 11.9. The Morgan fingerprint density at radius 3 is 3.00 bits per heavy atom. The molecule has 2 heterocycles. The molecule has 0 atom stereocenters. The lowest BCUT2D eigenvalue weighted by molar-refractivity contribution is 0.277. The normalized spacial score (nSPS) is 11.3. The van der Waals surface area contributed by atoms with Crippen LogP contribution in [0.3, 0.4) is 0 Å². The van der Waals surface area contributed by atoms with Gasteiger partial charge in [0.1, 0.15) is 5.82 Å². The zero-order valence-electron chi connectivity index (χ0n) is 11.1. The number of aliphatic hydroxyl groups excluding tert-OH is 1. The van der Waals surface area contributed by atoms with Crippen LogP contribution >= 0.6 is 11.3 Å². The number of anilines is 1. The van der Waals surface area contributed by atoms with E-state index in [9.17, 15) is 0 Å². The average Bonchev–Trinajstić information content (AvgIpc) is 2.97. The number of hydrogen-bond acceptors (Lipinski definition) is 6. The van der Waals surface area contributed by atoms with Crippen LogP contribution in [0.4, 0.5) is 5.13 Å². The lowest BCUT2D eigenvalue weighted by Gasteiger charge is -2.04. The standard InChI is InChI=1S/C13H15N5OS/c1-8-15-12(18(17-8)5-2-6-19)9-3-4-11-10(7-9)16-13(14)20-11/h3-4,7,19H,2,5-6H2,1H3,(H2,14,16). The van der Waals surface area contributed by atoms with Gasteiger partial charge in [0, 0.05) is 18.7 Å². The van der Waals surface area contributed by atoms with E-state index in [2.05, 4.69) is 15.1 Å². The van der Waals surface area contributed by atoms with Crippen molar-refractivity contribution < 1.29 is 5.11 Å². The number of nitrogens with two attached hydrogens (primary N) is 1. The lowest BCUT2D eigenvalue weighted by Crippen LogP contribution is -2.04. The van der Waals surface area contributed by atoms with Crippen molar-refractivity contribution in [1.29, 1.82) is 0 Å². The Kier molecular flexibility index (Phi) is 3.37. The van der Waals surface area contributed by atoms with Crippen LogP contribution in [0.5, 0.6) is 0 Å². The Balaban J connectivity index is 2.05. The zero-order chi connectivity index (χ0) is 14.1. The number of thiazole rings is 1. The highest BCUT2D eigenvalue weighted by molar-refractivity contribution is 7.22. The van der Waals surface area contributed by atoms with E-state index in [-0.39, 0.29) is 6.61 Å². The van der Waals surface area contributed by atoms with E-state index in [4.69, 9.17) is 10.8 Å². The second kappa shape index (κ2) is 5.18. The van der Waals surface area contributed by atoms with E-state index < -0.39 is 0 Å². The van der Waals surface area contributed by atoms with Crippen LogP contribution in [-0.4, -0.2) is 31.5 Å². The molecule has 0 aliphatic carbocycles. The molecule has 6 nitrogen and oxygen atoms in total. The molecule has 0 spiro atoms. The maximum Gasteiger partial charge on any atom is 0.181 e. The van der Waals surface area contributed by atoms with Gasteiger partial charge in [0.25, 0.3) is 0 Å². The highest BCUT2D eigenvalue weighted by Gasteiger charge is 2.11. The minimum absolute atomic E-state index is 0.139. The van der Waals surface area contributed by atoms with Crippen LogP contribution in [0.1, 0.15) is 12.2 Å². The molecule has 0 aliphatic heterocycles. The van der Waals surface area contributed by atoms with Gasteiger partial charge in [-0.05, 0) is 31.5 Å². The molecule has 0 radical (unpaired) electrons. The number of nitrogen functional groups attached to an aromatic ring is 1. The monoisotopic (exact) mass is 289 g/mol. The topological polar surface area (TPSA) is 89.8 Å². The van der Waals surface area contributed by atoms with Crippen LogP contribution in [0.15, 0.2) is 18.2 Å². The molecule has 3 aromatic rings. The summed E-state index contributed by atoms with van der Waals surface area (Å²) in [5, 5.41) is 13.9. The fraction of sp³-hybridized carbons (Fsp3) is 0.308. The van der Waals surface area contributed by atoms with Gasteiger partial charge in [-0.1, -0.05) is 11.3 Å². The average molecular weight is 289 g/mol. The van der Waals surface area contributed by atoms with Crippen molar-refractivity contribution in [1.82, 2.24) is 19.7 Å². The number of aromatic nitrogens is 4. The van der Waals surface area contributed by atoms with Crippen LogP contribution in [-0.2, 0) is 6.54 Å². The van der Waals surface area contributed by atoms with Crippen molar-refractivity contribution in [3.8, 4) is 11.4 Å². The molecule has 0 amide bonds. The molecule has 104 valence electrons. The number of fused-ring (bicyclic) bond motifs is 1. The van der Waals surface area contributed by atoms with Gasteiger partial charge < -0.3 is 10.8 Å². The molecular formula is C13H15N5OS. The highest BCUT2D eigenvalue weighted by Crippen LogP contribution is 2.28. The summed E-state index contributed by atoms with van der Waals surface area (Å²) >= 11 is 1.47. The second-order valence-electron chi connectivity index (χ2n) is 4.52. The summed E-state index contributed by atoms with van der Waals surface area (Å²) in [5.41, 5.74) is 7.56. The van der Waals surface area contributed by atoms with Gasteiger partial charge in [0.15, 0.2) is 11.0 Å². The Labute approximate surface area is 119 Å². The Hall–Kier alpha value is -1.99. The minimum Gasteiger partial charge on any atom is -0.396 e. The van der Waals surface area contributed by atoms with Gasteiger partial charge in [-0.3, -0.25) is 0 Å². The summed E-state index contributed by atoms with van der Waals surface area (Å²) < 4.78 is 2.88. The summed E-state index contributed by atoms with van der Waals surface area (Å²) in [6, 6.07) is 5.97. The van der Waals surface area contributed by atoms with Crippen LogP contribution < -0.4 is 5.73 Å². The summed E-state index contributed by atoms with van der Waals surface area (Å²) in [6.45, 7) is 2.64. The van der Waals surface area contributed by atoms with Gasteiger partial charge in [-0.15, -0.1) is 0 Å². The molecule has 3 N–H and O–H groups in total. The fourth-order valence-corrected chi connectivity index (χ4v) is 2.84. The summed E-state index contributed by atoms with van der Waals surface area (Å²) in [5.74, 6) is 1.51. The van der Waals surface area contributed by atoms with Crippen molar-refractivity contribution >= 4 is 26.7 Å². The summed E-state index contributed by atoms with van der Waals surface area (Å²) in [7, 11) is 0. The van der Waals surface area contributed by atoms with Gasteiger partial charge in [-0.2, -0.15) is 5.10 Å². The largest absolute Gasteiger partial charge is 0.396 e. The Morgan fingerprint density at radius 2 is 2.20 bits per heavy atom. The molecule has 0 saturated heterocycles. The first-order valence-electron chi connectivity index (χ1n) is 6.36. The molecule has 0 fully saturated rings. The first-order valence-corrected chi connectivity index (χ1v) is 7.18. The van der Waals surface area contributed by atoms with Crippen molar-refractivity contribution in [3.05, 3.63) is 24.0 Å². The Morgan fingerprint density at radius 1 is 1.35 bits per heavy atom. The number of aryl methyl sites for hydroxylation is 2. The number of rotatable bonds is 4. The van der Waals surface area contributed by atoms with Crippen LogP contribution in [0.25, 0.3) is 21.6 Å². The van der Waals surface area contributed by atoms with Crippen molar-refractivity contribution in [2.24, 2.45) is 0 Å². The maximum absolute atomic E-state index is 8.96. The molecule has 0 unspecified atom stereocenters. The molecule has 2 aromatic heterocycles. The predicted octanol–water partition coefficient (Wildman–Crippen LogP) is 1.83. The smallest absolute Gasteiger partial charge is 0.181 e. The first-order chi connectivity index (χ1) is 9.67. The second-order valence-corrected chi connectivity index (χ2v) is 5.58. The van der Waals surface area contributed by atoms with Gasteiger partial charge in [0.2, 0.25) is 0 Å². The van der Waals surface area contributed by atoms with Crippen LogP contribution in [0.2, 0.25) is 0 Å². The third-order valence-corrected chi connectivity index (χ3v) is 3.83. The van der Waals surface area contributed by atoms with Crippen LogP contribution in [0, 0.1) is 6.92 Å². The van der Waals surface area contributed by atoms with Crippen molar-refractivity contribution in [3.63, 3.8) is 0 Å². The van der Waals surface area contributed by atoms with Crippen molar-refractivity contribution in [2.75, 3.05) is 12.3 Å². The van der Waals surface area contributed by atoms with E-state index in [0.29, 0.717) is 18.1 Å². The van der Waals surface area contributed by atoms with E-state index in [1.165, 1.54) is 11.3 Å². The molecule has 3 rings (SSSR count). The number of aliphatic hydroxyl groups is 1. The van der Waals surface area contributed by atoms with E-state index in [1.807, 2.05) is 29.8 Å². The highest BCUT2D eigenvalue weighted by atomic mass is 32.1. The maximum atomic E-state index is 8.96. The number of nitrogens with zero attached hydrogens (tertiary/aromatic N) is 4. The molecule has 0 bridgehead atoms. The quantitative estimate of drug-likeness (QED) is 0.764. The SMILES string of the molecule is Cc1nc(-c2ccc3sc(N)nc3c2)n(CCCO)n1. The van der Waals surface area contributed by atoms with Gasteiger partial charge >= 0.3 is 0 Å². The van der Waals surface area contributed by atoms with Gasteiger partial charge in [0.05, 0.1) is 10.2 Å². The first kappa shape index (κ1) is 13.0. The van der Waals surface area contributed by atoms with Crippen molar-refractivity contribution in [2.45, 2.75) is 19.9 Å². The molecular weight excluding hydrogens is 274 g/mol. The Bertz CT molecular complexity index is 748. The van der Waals surface area contributed by atoms with E-state index >= 15 is 0 Å². The molecule has 7 heteroatoms. The van der Waals surface area contributed by atoms with E-state index in [1.54, 1.807) is 0 Å². The predicted molar refractivity (Wildman–Crippen MR) is 79.5 cm³/mol. The third-order valence-electron chi connectivity index (χ3n) is 2.97. The fourth-order valence-electron chi connectivity index (χ4n) is 2.13. The molecule has 0 saturated carbocycles. The molecule has 1 aromatic carbocycles.